The van der Waals surface area contributed by atoms with Crippen LogP contribution in [0.5, 0.6) is 5.75 Å². The Bertz CT molecular complexity index is 523. The van der Waals surface area contributed by atoms with E-state index in [4.69, 9.17) is 4.74 Å². The van der Waals surface area contributed by atoms with Crippen LogP contribution in [0, 0.1) is 5.41 Å². The highest BCUT2D eigenvalue weighted by atomic mass is 79.9. The van der Waals surface area contributed by atoms with Crippen LogP contribution in [0.1, 0.15) is 19.3 Å². The largest absolute Gasteiger partial charge is 0.497 e. The molecule has 19 heavy (non-hydrogen) atoms. The average Bonchev–Trinajstić information content (AvgIpc) is 3.18. The molecule has 1 aliphatic rings. The Morgan fingerprint density at radius 1 is 1.32 bits per heavy atom. The van der Waals surface area contributed by atoms with Gasteiger partial charge in [0.25, 0.3) is 0 Å². The first kappa shape index (κ1) is 14.8. The SMILES string of the molecule is COc1ccc(S(=O)(=O)NCC2(CCBr)CC2)cc1. The van der Waals surface area contributed by atoms with Crippen LogP contribution < -0.4 is 9.46 Å². The van der Waals surface area contributed by atoms with Crippen molar-refractivity contribution < 1.29 is 13.2 Å². The maximum atomic E-state index is 12.1. The van der Waals surface area contributed by atoms with Gasteiger partial charge < -0.3 is 4.74 Å². The van der Waals surface area contributed by atoms with Crippen molar-refractivity contribution in [2.75, 3.05) is 19.0 Å². The summed E-state index contributed by atoms with van der Waals surface area (Å²) < 4.78 is 32.0. The van der Waals surface area contributed by atoms with Gasteiger partial charge in [0.05, 0.1) is 12.0 Å². The van der Waals surface area contributed by atoms with Crippen molar-refractivity contribution in [3.05, 3.63) is 24.3 Å². The maximum Gasteiger partial charge on any atom is 0.240 e. The summed E-state index contributed by atoms with van der Waals surface area (Å²) in [7, 11) is -1.86. The summed E-state index contributed by atoms with van der Waals surface area (Å²) in [6.07, 6.45) is 3.21. The molecule has 1 aromatic carbocycles. The van der Waals surface area contributed by atoms with E-state index in [1.54, 1.807) is 31.4 Å². The monoisotopic (exact) mass is 347 g/mol. The highest BCUT2D eigenvalue weighted by Gasteiger charge is 2.42. The van der Waals surface area contributed by atoms with E-state index in [9.17, 15) is 8.42 Å². The number of hydrogen-bond acceptors (Lipinski definition) is 3. The standard InChI is InChI=1S/C13H18BrNO3S/c1-18-11-2-4-12(5-3-11)19(16,17)15-10-13(6-7-13)8-9-14/h2-5,15H,6-10H2,1H3. The predicted octanol–water partition coefficient (Wildman–Crippen LogP) is 2.54. The van der Waals surface area contributed by atoms with E-state index in [1.807, 2.05) is 0 Å². The van der Waals surface area contributed by atoms with Crippen LogP contribution in [-0.4, -0.2) is 27.4 Å². The second-order valence-electron chi connectivity index (χ2n) is 4.94. The molecular formula is C13H18BrNO3S. The van der Waals surface area contributed by atoms with Crippen molar-refractivity contribution in [3.63, 3.8) is 0 Å². The van der Waals surface area contributed by atoms with Crippen LogP contribution >= 0.6 is 15.9 Å². The first-order valence-electron chi connectivity index (χ1n) is 6.21. The molecule has 0 unspecified atom stereocenters. The number of alkyl halides is 1. The Morgan fingerprint density at radius 3 is 2.42 bits per heavy atom. The summed E-state index contributed by atoms with van der Waals surface area (Å²) in [6.45, 7) is 0.521. The lowest BCUT2D eigenvalue weighted by atomic mass is 10.1. The van der Waals surface area contributed by atoms with Crippen LogP contribution in [0.4, 0.5) is 0 Å². The second kappa shape index (κ2) is 5.81. The van der Waals surface area contributed by atoms with Gasteiger partial charge >= 0.3 is 0 Å². The van der Waals surface area contributed by atoms with E-state index in [1.165, 1.54) is 0 Å². The average molecular weight is 348 g/mol. The normalized spacial score (nSPS) is 17.2. The fourth-order valence-corrected chi connectivity index (χ4v) is 3.98. The van der Waals surface area contributed by atoms with Gasteiger partial charge in [-0.1, -0.05) is 15.9 Å². The molecule has 0 radical (unpaired) electrons. The number of rotatable bonds is 7. The van der Waals surface area contributed by atoms with E-state index < -0.39 is 10.0 Å². The first-order chi connectivity index (χ1) is 9.01. The number of halogens is 1. The molecule has 0 spiro atoms. The lowest BCUT2D eigenvalue weighted by Gasteiger charge is -2.14. The van der Waals surface area contributed by atoms with Gasteiger partial charge in [-0.2, -0.15) is 0 Å². The van der Waals surface area contributed by atoms with Crippen LogP contribution in [0.3, 0.4) is 0 Å². The second-order valence-corrected chi connectivity index (χ2v) is 7.50. The predicted molar refractivity (Wildman–Crippen MR) is 78.3 cm³/mol. The number of sulfonamides is 1. The molecule has 0 aromatic heterocycles. The molecule has 0 aliphatic heterocycles. The minimum absolute atomic E-state index is 0.170. The van der Waals surface area contributed by atoms with Crippen LogP contribution in [0.2, 0.25) is 0 Å². The maximum absolute atomic E-state index is 12.1. The number of methoxy groups -OCH3 is 1. The lowest BCUT2D eigenvalue weighted by Crippen LogP contribution is -2.30. The van der Waals surface area contributed by atoms with E-state index in [0.29, 0.717) is 12.3 Å². The quantitative estimate of drug-likeness (QED) is 0.771. The highest BCUT2D eigenvalue weighted by Crippen LogP contribution is 2.48. The topological polar surface area (TPSA) is 55.4 Å². The summed E-state index contributed by atoms with van der Waals surface area (Å²) in [4.78, 5) is 0.281. The molecule has 2 rings (SSSR count). The van der Waals surface area contributed by atoms with Gasteiger partial charge in [0, 0.05) is 11.9 Å². The zero-order valence-electron chi connectivity index (χ0n) is 10.9. The molecule has 4 nitrogen and oxygen atoms in total. The minimum Gasteiger partial charge on any atom is -0.497 e. The number of hydrogen-bond donors (Lipinski definition) is 1. The summed E-state index contributed by atoms with van der Waals surface area (Å²) in [6, 6.07) is 6.43. The van der Waals surface area contributed by atoms with Crippen LogP contribution in [-0.2, 0) is 10.0 Å². The Hall–Kier alpha value is -0.590. The van der Waals surface area contributed by atoms with Gasteiger partial charge in [-0.05, 0) is 48.9 Å². The summed E-state index contributed by atoms with van der Waals surface area (Å²) in [5.41, 5.74) is 0.170. The van der Waals surface area contributed by atoms with E-state index >= 15 is 0 Å². The van der Waals surface area contributed by atoms with Crippen molar-refractivity contribution in [1.29, 1.82) is 0 Å². The van der Waals surface area contributed by atoms with Crippen LogP contribution in [0.25, 0.3) is 0 Å². The number of benzene rings is 1. The molecule has 106 valence electrons. The van der Waals surface area contributed by atoms with Crippen LogP contribution in [0.15, 0.2) is 29.2 Å². The van der Waals surface area contributed by atoms with Gasteiger partial charge in [0.2, 0.25) is 10.0 Å². The molecule has 1 fully saturated rings. The molecule has 1 N–H and O–H groups in total. The van der Waals surface area contributed by atoms with E-state index in [2.05, 4.69) is 20.7 Å². The van der Waals surface area contributed by atoms with Crippen molar-refractivity contribution in [1.82, 2.24) is 4.72 Å². The smallest absolute Gasteiger partial charge is 0.240 e. The molecule has 0 atom stereocenters. The van der Waals surface area contributed by atoms with Gasteiger partial charge in [-0.25, -0.2) is 13.1 Å². The van der Waals surface area contributed by atoms with Gasteiger partial charge in [0.1, 0.15) is 5.75 Å². The molecule has 1 aliphatic carbocycles. The molecule has 6 heteroatoms. The summed E-state index contributed by atoms with van der Waals surface area (Å²) in [5, 5.41) is 0.914. The molecule has 1 aromatic rings. The molecule has 0 saturated heterocycles. The van der Waals surface area contributed by atoms with Gasteiger partial charge in [-0.3, -0.25) is 0 Å². The van der Waals surface area contributed by atoms with E-state index in [0.717, 1.165) is 24.6 Å². The first-order valence-corrected chi connectivity index (χ1v) is 8.81. The summed E-state index contributed by atoms with van der Waals surface area (Å²) in [5.74, 6) is 0.650. The zero-order chi connectivity index (χ0) is 13.9. The molecule has 0 heterocycles. The fourth-order valence-electron chi connectivity index (χ4n) is 1.98. The van der Waals surface area contributed by atoms with Gasteiger partial charge in [0.15, 0.2) is 0 Å². The van der Waals surface area contributed by atoms with Crippen molar-refractivity contribution in [2.24, 2.45) is 5.41 Å². The number of nitrogens with one attached hydrogen (secondary N) is 1. The molecule has 1 saturated carbocycles. The van der Waals surface area contributed by atoms with E-state index in [-0.39, 0.29) is 10.3 Å². The van der Waals surface area contributed by atoms with Crippen molar-refractivity contribution in [2.45, 2.75) is 24.2 Å². The third-order valence-electron chi connectivity index (χ3n) is 3.59. The minimum atomic E-state index is -3.42. The van der Waals surface area contributed by atoms with Crippen molar-refractivity contribution >= 4 is 26.0 Å². The lowest BCUT2D eigenvalue weighted by molar-refractivity contribution is 0.414. The Labute approximate surface area is 122 Å². The Kier molecular flexibility index (Phi) is 4.53. The third-order valence-corrected chi connectivity index (χ3v) is 5.40. The Morgan fingerprint density at radius 2 is 1.95 bits per heavy atom. The zero-order valence-corrected chi connectivity index (χ0v) is 13.3. The molecule has 0 bridgehead atoms. The van der Waals surface area contributed by atoms with Gasteiger partial charge in [-0.15, -0.1) is 0 Å². The summed E-state index contributed by atoms with van der Waals surface area (Å²) >= 11 is 3.42. The Balaban J connectivity index is 2.01. The van der Waals surface area contributed by atoms with Crippen molar-refractivity contribution in [3.8, 4) is 5.75 Å². The highest BCUT2D eigenvalue weighted by molar-refractivity contribution is 9.09. The molecular weight excluding hydrogens is 330 g/mol. The number of ether oxygens (including phenoxy) is 1. The third kappa shape index (κ3) is 3.70. The fraction of sp³-hybridized carbons (Fsp3) is 0.538. The molecule has 0 amide bonds.